The van der Waals surface area contributed by atoms with E-state index in [4.69, 9.17) is 4.42 Å². The highest BCUT2D eigenvalue weighted by Gasteiger charge is 2.43. The van der Waals surface area contributed by atoms with Crippen molar-refractivity contribution in [3.8, 4) is 50.9 Å². The smallest absolute Gasteiger partial charge is 0.440 e. The second kappa shape index (κ2) is 9.53. The molecule has 0 fully saturated rings. The summed E-state index contributed by atoms with van der Waals surface area (Å²) in [4.78, 5) is 9.22. The van der Waals surface area contributed by atoms with E-state index in [0.717, 1.165) is 6.26 Å². The number of alkyl halides is 2. The predicted octanol–water partition coefficient (Wildman–Crippen LogP) is 5.70. The van der Waals surface area contributed by atoms with Crippen LogP contribution in [0.15, 0.2) is 76.2 Å². The van der Waals surface area contributed by atoms with Crippen LogP contribution in [0.25, 0.3) is 39.4 Å². The van der Waals surface area contributed by atoms with E-state index < -0.39 is 16.1 Å². The van der Waals surface area contributed by atoms with Crippen molar-refractivity contribution in [2.75, 3.05) is 6.26 Å². The number of hydrogen-bond acceptors (Lipinski definition) is 8. The topological polar surface area (TPSA) is 117 Å². The third-order valence-electron chi connectivity index (χ3n) is 6.60. The van der Waals surface area contributed by atoms with Crippen molar-refractivity contribution in [3.63, 3.8) is 0 Å². The quantitative estimate of drug-likeness (QED) is 0.273. The summed E-state index contributed by atoms with van der Waals surface area (Å²) in [5.74, 6) is 0.987. The second-order valence-corrected chi connectivity index (χ2v) is 11.6. The normalized spacial score (nSPS) is 14.0. The number of aliphatic hydroxyl groups is 1. The molecular weight excluding hydrogens is 556 g/mol. The Kier molecular flexibility index (Phi) is 6.20. The Morgan fingerprint density at radius 2 is 1.66 bits per heavy atom. The maximum Gasteiger partial charge on any atom is 0.586 e. The molecule has 2 aromatic heterocycles. The van der Waals surface area contributed by atoms with Crippen molar-refractivity contribution in [3.05, 3.63) is 84.3 Å². The van der Waals surface area contributed by atoms with Gasteiger partial charge in [0, 0.05) is 30.5 Å². The van der Waals surface area contributed by atoms with Gasteiger partial charge in [0.25, 0.3) is 0 Å². The first-order valence-electron chi connectivity index (χ1n) is 12.4. The molecule has 0 spiro atoms. The molecule has 0 unspecified atom stereocenters. The Morgan fingerprint density at radius 1 is 0.927 bits per heavy atom. The van der Waals surface area contributed by atoms with E-state index >= 15 is 0 Å². The van der Waals surface area contributed by atoms with Gasteiger partial charge in [-0.25, -0.2) is 18.4 Å². The van der Waals surface area contributed by atoms with E-state index in [1.807, 2.05) is 18.2 Å². The van der Waals surface area contributed by atoms with Crippen LogP contribution >= 0.6 is 0 Å². The molecule has 210 valence electrons. The van der Waals surface area contributed by atoms with Crippen LogP contribution in [-0.4, -0.2) is 40.6 Å². The highest BCUT2D eigenvalue weighted by molar-refractivity contribution is 7.90. The van der Waals surface area contributed by atoms with Gasteiger partial charge in [-0.1, -0.05) is 18.2 Å². The van der Waals surface area contributed by atoms with Crippen molar-refractivity contribution in [1.29, 1.82) is 0 Å². The number of benzene rings is 3. The molecule has 3 aromatic carbocycles. The zero-order valence-electron chi connectivity index (χ0n) is 22.1. The lowest BCUT2D eigenvalue weighted by molar-refractivity contribution is -0.286. The van der Waals surface area contributed by atoms with E-state index in [1.54, 1.807) is 48.9 Å². The molecule has 0 atom stereocenters. The van der Waals surface area contributed by atoms with E-state index in [9.17, 15) is 22.3 Å². The minimum absolute atomic E-state index is 0.101. The van der Waals surface area contributed by atoms with Crippen LogP contribution < -0.4 is 9.47 Å². The molecule has 0 saturated heterocycles. The summed E-state index contributed by atoms with van der Waals surface area (Å²) in [7, 11) is -3.44. The summed E-state index contributed by atoms with van der Waals surface area (Å²) < 4.78 is 68.8. The molecule has 5 aromatic rings. The minimum atomic E-state index is -3.77. The monoisotopic (exact) mass is 579 g/mol. The zero-order chi connectivity index (χ0) is 29.1. The summed E-state index contributed by atoms with van der Waals surface area (Å²) in [6.45, 7) is 3.20. The second-order valence-electron chi connectivity index (χ2n) is 9.58. The SMILES string of the molecule is Cc1nc(-c2cc(-c3cccc(S(C)(=O)=O)c3)ccc2-n2cc(CO)nc2C)c(-c2ccc3c(c2)OC(F)(F)O3)o1. The van der Waals surface area contributed by atoms with Gasteiger partial charge in [-0.2, -0.15) is 0 Å². The molecule has 6 rings (SSSR count). The maximum atomic E-state index is 13.7. The first-order valence-corrected chi connectivity index (χ1v) is 14.3. The number of oxazole rings is 1. The molecule has 1 N–H and O–H groups in total. The highest BCUT2D eigenvalue weighted by Crippen LogP contribution is 2.45. The van der Waals surface area contributed by atoms with Crippen molar-refractivity contribution in [2.24, 2.45) is 0 Å². The van der Waals surface area contributed by atoms with Gasteiger partial charge in [-0.05, 0) is 60.5 Å². The Labute approximate surface area is 233 Å². The lowest BCUT2D eigenvalue weighted by atomic mass is 9.98. The number of fused-ring (bicyclic) bond motifs is 1. The lowest BCUT2D eigenvalue weighted by Gasteiger charge is -2.14. The number of aliphatic hydroxyl groups excluding tert-OH is 1. The Balaban J connectivity index is 1.56. The molecule has 0 aliphatic carbocycles. The van der Waals surface area contributed by atoms with Crippen molar-refractivity contribution in [1.82, 2.24) is 14.5 Å². The molecule has 12 heteroatoms. The fourth-order valence-corrected chi connectivity index (χ4v) is 5.44. The Morgan fingerprint density at radius 3 is 2.39 bits per heavy atom. The van der Waals surface area contributed by atoms with Crippen LogP contribution in [0.3, 0.4) is 0 Å². The zero-order valence-corrected chi connectivity index (χ0v) is 22.9. The van der Waals surface area contributed by atoms with Crippen molar-refractivity contribution < 1.29 is 36.2 Å². The van der Waals surface area contributed by atoms with E-state index in [0.29, 0.717) is 56.8 Å². The molecule has 3 heterocycles. The third-order valence-corrected chi connectivity index (χ3v) is 7.71. The van der Waals surface area contributed by atoms with Gasteiger partial charge in [0.1, 0.15) is 11.5 Å². The number of ether oxygens (including phenoxy) is 2. The standard InChI is InChI=1S/C29H23F2N3O6S/c1-16-32-21(15-35)14-34(16)24-9-7-19(18-5-4-6-22(11-18)41(3,36)37)12-23(24)27-28(38-17(2)33-27)20-8-10-25-26(13-20)40-29(30,31)39-25/h4-14,35H,15H2,1-3H3. The number of aromatic nitrogens is 3. The van der Waals surface area contributed by atoms with Gasteiger partial charge in [0.2, 0.25) is 0 Å². The van der Waals surface area contributed by atoms with Crippen LogP contribution in [-0.2, 0) is 16.4 Å². The predicted molar refractivity (Wildman–Crippen MR) is 145 cm³/mol. The summed E-state index contributed by atoms with van der Waals surface area (Å²) in [5.41, 5.74) is 3.90. The van der Waals surface area contributed by atoms with Crippen molar-refractivity contribution in [2.45, 2.75) is 31.6 Å². The minimum Gasteiger partial charge on any atom is -0.440 e. The molecule has 41 heavy (non-hydrogen) atoms. The summed E-state index contributed by atoms with van der Waals surface area (Å²) in [6.07, 6.45) is -0.924. The number of sulfone groups is 1. The number of rotatable bonds is 6. The first kappa shape index (κ1) is 26.7. The van der Waals surface area contributed by atoms with Gasteiger partial charge in [-0.15, -0.1) is 8.78 Å². The van der Waals surface area contributed by atoms with Gasteiger partial charge in [-0.3, -0.25) is 0 Å². The first-order chi connectivity index (χ1) is 19.4. The molecule has 9 nitrogen and oxygen atoms in total. The fourth-order valence-electron chi connectivity index (χ4n) is 4.77. The van der Waals surface area contributed by atoms with Crippen LogP contribution in [0.2, 0.25) is 0 Å². The largest absolute Gasteiger partial charge is 0.586 e. The Hall–Kier alpha value is -4.55. The van der Waals surface area contributed by atoms with Gasteiger partial charge >= 0.3 is 6.29 Å². The van der Waals surface area contributed by atoms with E-state index in [2.05, 4.69) is 19.4 Å². The summed E-state index contributed by atoms with van der Waals surface area (Å²) in [6, 6.07) is 16.4. The van der Waals surface area contributed by atoms with Gasteiger partial charge in [0.15, 0.2) is 33.0 Å². The lowest BCUT2D eigenvalue weighted by Crippen LogP contribution is -2.25. The average Bonchev–Trinajstić information content (AvgIpc) is 3.60. The maximum absolute atomic E-state index is 13.7. The number of halogens is 2. The molecule has 0 bridgehead atoms. The number of hydrogen-bond donors (Lipinski definition) is 1. The Bertz CT molecular complexity index is 1930. The summed E-state index contributed by atoms with van der Waals surface area (Å²) >= 11 is 0. The molecular formula is C29H23F2N3O6S. The number of nitrogens with zero attached hydrogens (tertiary/aromatic N) is 3. The van der Waals surface area contributed by atoms with Gasteiger partial charge < -0.3 is 23.6 Å². The molecule has 1 aliphatic heterocycles. The third kappa shape index (κ3) is 4.96. The number of aryl methyl sites for hydroxylation is 2. The van der Waals surface area contributed by atoms with E-state index in [1.165, 1.54) is 18.2 Å². The van der Waals surface area contributed by atoms with Gasteiger partial charge in [0.05, 0.1) is 22.9 Å². The highest BCUT2D eigenvalue weighted by atomic mass is 32.2. The average molecular weight is 580 g/mol. The molecule has 1 aliphatic rings. The van der Waals surface area contributed by atoms with E-state index in [-0.39, 0.29) is 23.0 Å². The van der Waals surface area contributed by atoms with Crippen molar-refractivity contribution >= 4 is 9.84 Å². The van der Waals surface area contributed by atoms with Crippen LogP contribution in [0.4, 0.5) is 8.78 Å². The van der Waals surface area contributed by atoms with Crippen LogP contribution in [0.1, 0.15) is 17.4 Å². The molecule has 0 amide bonds. The fraction of sp³-hybridized carbons (Fsp3) is 0.172. The van der Waals surface area contributed by atoms with Crippen LogP contribution in [0.5, 0.6) is 11.5 Å². The molecule has 0 radical (unpaired) electrons. The molecule has 0 saturated carbocycles. The van der Waals surface area contributed by atoms with Crippen LogP contribution in [0, 0.1) is 13.8 Å². The number of imidazole rings is 1. The summed E-state index contributed by atoms with van der Waals surface area (Å²) in [5, 5.41) is 9.68.